The Labute approximate surface area is 121 Å². The highest BCUT2D eigenvalue weighted by atomic mass is 16.4. The lowest BCUT2D eigenvalue weighted by Gasteiger charge is -2.18. The lowest BCUT2D eigenvalue weighted by atomic mass is 10.2. The number of aromatic amines is 1. The first-order chi connectivity index (χ1) is 10.1. The first-order valence-electron chi connectivity index (χ1n) is 6.53. The molecule has 6 nitrogen and oxygen atoms in total. The number of hydrogen-bond donors (Lipinski definition) is 2. The van der Waals surface area contributed by atoms with Crippen LogP contribution in [0.5, 0.6) is 0 Å². The molecule has 0 spiro atoms. The molecular formula is C15H15N3O3. The van der Waals surface area contributed by atoms with Crippen LogP contribution in [-0.4, -0.2) is 28.1 Å². The topological polar surface area (TPSA) is 82.4 Å². The number of carbonyl (C=O) groups is 1. The molecule has 0 aliphatic rings. The van der Waals surface area contributed by atoms with Crippen LogP contribution in [0, 0.1) is 6.92 Å². The molecule has 2 heterocycles. The Morgan fingerprint density at radius 2 is 2.24 bits per heavy atom. The summed E-state index contributed by atoms with van der Waals surface area (Å²) in [5.74, 6) is -0.812. The van der Waals surface area contributed by atoms with Crippen LogP contribution in [0.15, 0.2) is 34.9 Å². The van der Waals surface area contributed by atoms with Crippen molar-refractivity contribution in [2.45, 2.75) is 13.5 Å². The summed E-state index contributed by atoms with van der Waals surface area (Å²) in [6.07, 6.45) is 1.89. The van der Waals surface area contributed by atoms with E-state index >= 15 is 0 Å². The van der Waals surface area contributed by atoms with Gasteiger partial charge in [0.1, 0.15) is 0 Å². The van der Waals surface area contributed by atoms with Crippen molar-refractivity contribution in [3.05, 3.63) is 47.8 Å². The molecule has 0 amide bonds. The smallest absolute Gasteiger partial charge is 0.373 e. The van der Waals surface area contributed by atoms with Crippen molar-refractivity contribution >= 4 is 22.6 Å². The predicted molar refractivity (Wildman–Crippen MR) is 78.6 cm³/mol. The molecule has 0 saturated heterocycles. The van der Waals surface area contributed by atoms with E-state index in [4.69, 9.17) is 9.52 Å². The van der Waals surface area contributed by atoms with Crippen molar-refractivity contribution in [3.8, 4) is 0 Å². The van der Waals surface area contributed by atoms with E-state index in [2.05, 4.69) is 9.97 Å². The molecule has 21 heavy (non-hydrogen) atoms. The first-order valence-corrected chi connectivity index (χ1v) is 6.53. The van der Waals surface area contributed by atoms with Gasteiger partial charge in [0.25, 0.3) is 0 Å². The second-order valence-electron chi connectivity index (χ2n) is 4.90. The molecule has 108 valence electrons. The normalized spacial score (nSPS) is 11.0. The minimum atomic E-state index is -1.10. The van der Waals surface area contributed by atoms with E-state index < -0.39 is 5.97 Å². The summed E-state index contributed by atoms with van der Waals surface area (Å²) >= 11 is 0. The number of H-pyrrole nitrogens is 1. The van der Waals surface area contributed by atoms with Crippen LogP contribution < -0.4 is 4.90 Å². The average molecular weight is 285 g/mol. The molecular weight excluding hydrogens is 270 g/mol. The Morgan fingerprint density at radius 1 is 1.43 bits per heavy atom. The standard InChI is InChI=1S/C15H15N3O3/c1-9-14(15(19)20)21-12(17-9)8-18(2)11-5-3-4-10-6-7-16-13(10)11/h3-7,16H,8H2,1-2H3,(H,19,20). The van der Waals surface area contributed by atoms with Crippen LogP contribution in [-0.2, 0) is 6.54 Å². The molecule has 1 aromatic carbocycles. The highest BCUT2D eigenvalue weighted by Gasteiger charge is 2.17. The number of hydrogen-bond acceptors (Lipinski definition) is 4. The maximum absolute atomic E-state index is 11.0. The van der Waals surface area contributed by atoms with Crippen LogP contribution in [0.4, 0.5) is 5.69 Å². The second kappa shape index (κ2) is 4.97. The van der Waals surface area contributed by atoms with E-state index in [1.807, 2.05) is 42.4 Å². The van der Waals surface area contributed by atoms with Crippen molar-refractivity contribution in [3.63, 3.8) is 0 Å². The molecule has 0 aliphatic heterocycles. The molecule has 0 unspecified atom stereocenters. The fraction of sp³-hybridized carbons (Fsp3) is 0.200. The number of fused-ring (bicyclic) bond motifs is 1. The van der Waals surface area contributed by atoms with Crippen molar-refractivity contribution in [1.82, 2.24) is 9.97 Å². The third-order valence-electron chi connectivity index (χ3n) is 3.38. The number of rotatable bonds is 4. The largest absolute Gasteiger partial charge is 0.475 e. The van der Waals surface area contributed by atoms with Gasteiger partial charge in [0.2, 0.25) is 11.7 Å². The van der Waals surface area contributed by atoms with Crippen LogP contribution in [0.25, 0.3) is 10.9 Å². The Kier molecular flexibility index (Phi) is 3.13. The van der Waals surface area contributed by atoms with Gasteiger partial charge in [-0.3, -0.25) is 0 Å². The highest BCUT2D eigenvalue weighted by Crippen LogP contribution is 2.25. The zero-order valence-corrected chi connectivity index (χ0v) is 11.8. The van der Waals surface area contributed by atoms with Crippen molar-refractivity contribution in [2.24, 2.45) is 0 Å². The number of aryl methyl sites for hydroxylation is 1. The number of aromatic nitrogens is 2. The molecule has 0 saturated carbocycles. The van der Waals surface area contributed by atoms with E-state index in [-0.39, 0.29) is 5.76 Å². The number of nitrogens with zero attached hydrogens (tertiary/aromatic N) is 2. The van der Waals surface area contributed by atoms with E-state index in [1.165, 1.54) is 0 Å². The quantitative estimate of drug-likeness (QED) is 0.770. The molecule has 0 atom stereocenters. The minimum absolute atomic E-state index is 0.100. The maximum atomic E-state index is 11.0. The van der Waals surface area contributed by atoms with Gasteiger partial charge in [-0.05, 0) is 19.1 Å². The molecule has 0 aliphatic carbocycles. The Balaban J connectivity index is 1.89. The number of oxazole rings is 1. The minimum Gasteiger partial charge on any atom is -0.475 e. The molecule has 6 heteroatoms. The average Bonchev–Trinajstić information content (AvgIpc) is 3.04. The number of nitrogens with one attached hydrogen (secondary N) is 1. The van der Waals surface area contributed by atoms with Crippen LogP contribution >= 0.6 is 0 Å². The molecule has 2 aromatic heterocycles. The summed E-state index contributed by atoms with van der Waals surface area (Å²) in [6, 6.07) is 8.00. The predicted octanol–water partition coefficient (Wildman–Crippen LogP) is 2.80. The van der Waals surface area contributed by atoms with Gasteiger partial charge in [-0.1, -0.05) is 12.1 Å². The SMILES string of the molecule is Cc1nc(CN(C)c2cccc3cc[nH]c23)oc1C(=O)O. The van der Waals surface area contributed by atoms with Gasteiger partial charge in [0.15, 0.2) is 0 Å². The van der Waals surface area contributed by atoms with Gasteiger partial charge in [-0.2, -0.15) is 0 Å². The second-order valence-corrected chi connectivity index (χ2v) is 4.90. The van der Waals surface area contributed by atoms with Crippen LogP contribution in [0.1, 0.15) is 22.1 Å². The first kappa shape index (κ1) is 13.2. The molecule has 0 fully saturated rings. The number of carboxylic acids is 1. The molecule has 3 rings (SSSR count). The van der Waals surface area contributed by atoms with Crippen molar-refractivity contribution in [1.29, 1.82) is 0 Å². The molecule has 0 radical (unpaired) electrons. The summed E-state index contributed by atoms with van der Waals surface area (Å²) in [5, 5.41) is 10.1. The number of carboxylic acid groups (broad SMARTS) is 1. The summed E-state index contributed by atoms with van der Waals surface area (Å²) in [5.41, 5.74) is 2.43. The van der Waals surface area contributed by atoms with E-state index in [0.29, 0.717) is 18.1 Å². The summed E-state index contributed by atoms with van der Waals surface area (Å²) in [6.45, 7) is 2.02. The lowest BCUT2D eigenvalue weighted by molar-refractivity contribution is 0.0659. The van der Waals surface area contributed by atoms with Gasteiger partial charge in [-0.25, -0.2) is 9.78 Å². The highest BCUT2D eigenvalue weighted by molar-refractivity contribution is 5.91. The molecule has 3 aromatic rings. The summed E-state index contributed by atoms with van der Waals surface area (Å²) in [4.78, 5) is 20.3. The fourth-order valence-electron chi connectivity index (χ4n) is 2.39. The Morgan fingerprint density at radius 3 is 2.95 bits per heavy atom. The Hall–Kier alpha value is -2.76. The van der Waals surface area contributed by atoms with Crippen LogP contribution in [0.2, 0.25) is 0 Å². The van der Waals surface area contributed by atoms with Crippen LogP contribution in [0.3, 0.4) is 0 Å². The van der Waals surface area contributed by atoms with Gasteiger partial charge >= 0.3 is 5.97 Å². The van der Waals surface area contributed by atoms with Crippen molar-refractivity contribution in [2.75, 3.05) is 11.9 Å². The summed E-state index contributed by atoms with van der Waals surface area (Å²) < 4.78 is 5.30. The molecule has 0 bridgehead atoms. The number of para-hydroxylation sites is 1. The maximum Gasteiger partial charge on any atom is 0.373 e. The van der Waals surface area contributed by atoms with Gasteiger partial charge < -0.3 is 19.4 Å². The van der Waals surface area contributed by atoms with Gasteiger partial charge in [0.05, 0.1) is 23.4 Å². The lowest BCUT2D eigenvalue weighted by Crippen LogP contribution is -2.17. The van der Waals surface area contributed by atoms with Gasteiger partial charge in [-0.15, -0.1) is 0 Å². The Bertz CT molecular complexity index is 803. The monoisotopic (exact) mass is 285 g/mol. The number of aromatic carboxylic acids is 1. The zero-order chi connectivity index (χ0) is 15.0. The zero-order valence-electron chi connectivity index (χ0n) is 11.8. The van der Waals surface area contributed by atoms with E-state index in [0.717, 1.165) is 16.6 Å². The van der Waals surface area contributed by atoms with E-state index in [9.17, 15) is 4.79 Å². The third-order valence-corrected chi connectivity index (χ3v) is 3.38. The number of benzene rings is 1. The van der Waals surface area contributed by atoms with E-state index in [1.54, 1.807) is 6.92 Å². The molecule has 2 N–H and O–H groups in total. The summed E-state index contributed by atoms with van der Waals surface area (Å²) in [7, 11) is 1.91. The van der Waals surface area contributed by atoms with Gasteiger partial charge in [0, 0.05) is 18.6 Å². The fourth-order valence-corrected chi connectivity index (χ4v) is 2.39. The van der Waals surface area contributed by atoms with Crippen molar-refractivity contribution < 1.29 is 14.3 Å². The third kappa shape index (κ3) is 2.35. The number of anilines is 1.